The molecule has 0 radical (unpaired) electrons. The van der Waals surface area contributed by atoms with Crippen molar-refractivity contribution in [3.63, 3.8) is 0 Å². The van der Waals surface area contributed by atoms with Gasteiger partial charge in [-0.2, -0.15) is 5.26 Å². The number of nitriles is 1. The molecular formula is C10H13NO7S3. The van der Waals surface area contributed by atoms with E-state index in [0.717, 1.165) is 0 Å². The number of nitrogens with zero attached hydrogens (tertiary/aromatic N) is 1. The maximum atomic E-state index is 11.8. The average molecular weight is 355 g/mol. The van der Waals surface area contributed by atoms with Crippen LogP contribution in [0.3, 0.4) is 0 Å². The summed E-state index contributed by atoms with van der Waals surface area (Å²) in [6, 6.07) is 1.68. The van der Waals surface area contributed by atoms with Crippen LogP contribution in [-0.2, 0) is 18.5 Å². The second-order valence-corrected chi connectivity index (χ2v) is 9.51. The molecule has 0 bridgehead atoms. The zero-order valence-corrected chi connectivity index (χ0v) is 13.4. The van der Waals surface area contributed by atoms with Gasteiger partial charge in [-0.05, 0) is 24.1 Å². The molecule has 1 unspecified atom stereocenters. The van der Waals surface area contributed by atoms with E-state index in [1.807, 2.05) is 0 Å². The van der Waals surface area contributed by atoms with Gasteiger partial charge >= 0.3 is 16.4 Å². The molecule has 0 saturated heterocycles. The molecule has 118 valence electrons. The Bertz CT molecular complexity index is 566. The first-order valence-electron chi connectivity index (χ1n) is 5.49. The largest absolute Gasteiger partial charge is 0.481 e. The van der Waals surface area contributed by atoms with Gasteiger partial charge in [0, 0.05) is 12.2 Å². The van der Waals surface area contributed by atoms with Gasteiger partial charge in [0.15, 0.2) is 0 Å². The zero-order chi connectivity index (χ0) is 16.7. The highest BCUT2D eigenvalue weighted by atomic mass is 33.1. The van der Waals surface area contributed by atoms with E-state index >= 15 is 0 Å². The molecule has 0 aromatic heterocycles. The third-order valence-electron chi connectivity index (χ3n) is 2.09. The number of thioether (sulfide) groups is 1. The summed E-state index contributed by atoms with van der Waals surface area (Å²) < 4.78 is 20.7. The van der Waals surface area contributed by atoms with Gasteiger partial charge in [-0.1, -0.05) is 11.8 Å². The SMILES string of the molecule is CC(C#N)(CCC(=O)O)SS(=O)(=O)C(=O)SCCC(=O)O. The molecule has 0 aromatic rings. The molecule has 8 nitrogen and oxygen atoms in total. The van der Waals surface area contributed by atoms with Crippen LogP contribution in [0.15, 0.2) is 0 Å². The molecular weight excluding hydrogens is 342 g/mol. The topological polar surface area (TPSA) is 150 Å². The molecule has 0 heterocycles. The van der Waals surface area contributed by atoms with E-state index in [1.165, 1.54) is 6.92 Å². The Kier molecular flexibility index (Phi) is 7.76. The molecule has 0 spiro atoms. The summed E-state index contributed by atoms with van der Waals surface area (Å²) in [5.41, 5.74) is 0. The Hall–Kier alpha value is -1.25. The standard InChI is InChI=1S/C10H13NO7S3/c1-10(6-11,4-2-7(12)13)20-21(17,18)9(16)19-5-3-8(14)15/h2-5H2,1H3,(H,12,13)(H,14,15). The summed E-state index contributed by atoms with van der Waals surface area (Å²) >= 11 is 0.333. The Morgan fingerprint density at radius 3 is 2.14 bits per heavy atom. The van der Waals surface area contributed by atoms with Crippen molar-refractivity contribution in [1.82, 2.24) is 0 Å². The summed E-state index contributed by atoms with van der Waals surface area (Å²) in [4.78, 5) is 32.3. The highest BCUT2D eigenvalue weighted by molar-refractivity contribution is 8.81. The molecule has 2 N–H and O–H groups in total. The normalized spacial score (nSPS) is 13.9. The number of aliphatic carboxylic acids is 2. The lowest BCUT2D eigenvalue weighted by molar-refractivity contribution is -0.137. The molecule has 0 amide bonds. The van der Waals surface area contributed by atoms with E-state index < -0.39 is 36.4 Å². The van der Waals surface area contributed by atoms with Crippen LogP contribution in [0.4, 0.5) is 4.79 Å². The Morgan fingerprint density at radius 1 is 1.19 bits per heavy atom. The first-order chi connectivity index (χ1) is 9.52. The van der Waals surface area contributed by atoms with Gasteiger partial charge in [0.05, 0.1) is 12.5 Å². The summed E-state index contributed by atoms with van der Waals surface area (Å²) in [7, 11) is -4.26. The maximum absolute atomic E-state index is 11.8. The van der Waals surface area contributed by atoms with Crippen LogP contribution in [0.25, 0.3) is 0 Å². The molecule has 0 saturated carbocycles. The fraction of sp³-hybridized carbons (Fsp3) is 0.600. The first-order valence-corrected chi connectivity index (χ1v) is 9.30. The zero-order valence-electron chi connectivity index (χ0n) is 10.9. The van der Waals surface area contributed by atoms with Crippen molar-refractivity contribution >= 4 is 47.8 Å². The monoisotopic (exact) mass is 355 g/mol. The quantitative estimate of drug-likeness (QED) is 0.613. The van der Waals surface area contributed by atoms with Crippen molar-refractivity contribution in [2.24, 2.45) is 0 Å². The van der Waals surface area contributed by atoms with Crippen LogP contribution >= 0.6 is 22.6 Å². The predicted octanol–water partition coefficient (Wildman–Crippen LogP) is 1.52. The fourth-order valence-corrected chi connectivity index (χ4v) is 5.84. The average Bonchev–Trinajstić information content (AvgIpc) is 2.35. The molecule has 0 aromatic carbocycles. The number of carbonyl (C=O) groups excluding carboxylic acids is 1. The van der Waals surface area contributed by atoms with Crippen molar-refractivity contribution < 1.29 is 33.0 Å². The second kappa shape index (κ2) is 8.26. The van der Waals surface area contributed by atoms with E-state index in [-0.39, 0.29) is 29.4 Å². The minimum atomic E-state index is -4.34. The van der Waals surface area contributed by atoms with Crippen molar-refractivity contribution in [2.75, 3.05) is 5.75 Å². The molecule has 0 aliphatic heterocycles. The fourth-order valence-electron chi connectivity index (χ4n) is 1.03. The van der Waals surface area contributed by atoms with Gasteiger partial charge in [-0.3, -0.25) is 14.4 Å². The minimum Gasteiger partial charge on any atom is -0.481 e. The van der Waals surface area contributed by atoms with E-state index in [1.54, 1.807) is 6.07 Å². The lowest BCUT2D eigenvalue weighted by Crippen LogP contribution is -2.23. The van der Waals surface area contributed by atoms with Crippen molar-refractivity contribution in [3.8, 4) is 6.07 Å². The van der Waals surface area contributed by atoms with Crippen LogP contribution in [-0.4, -0.2) is 45.5 Å². The third-order valence-corrected chi connectivity index (χ3v) is 7.57. The Balaban J connectivity index is 4.76. The maximum Gasteiger partial charge on any atom is 0.313 e. The number of hydrogen-bond donors (Lipinski definition) is 2. The molecule has 1 atom stereocenters. The van der Waals surface area contributed by atoms with Crippen LogP contribution in [0.2, 0.25) is 0 Å². The number of hydrogen-bond acceptors (Lipinski definition) is 8. The molecule has 11 heteroatoms. The summed E-state index contributed by atoms with van der Waals surface area (Å²) in [5.74, 6) is -2.55. The molecule has 0 rings (SSSR count). The van der Waals surface area contributed by atoms with E-state index in [2.05, 4.69) is 0 Å². The van der Waals surface area contributed by atoms with Gasteiger partial charge in [0.25, 0.3) is 8.87 Å². The number of carbonyl (C=O) groups is 3. The van der Waals surface area contributed by atoms with Gasteiger partial charge in [-0.25, -0.2) is 8.42 Å². The number of carboxylic acids is 2. The van der Waals surface area contributed by atoms with Gasteiger partial charge < -0.3 is 10.2 Å². The predicted molar refractivity (Wildman–Crippen MR) is 77.5 cm³/mol. The first kappa shape index (κ1) is 19.8. The van der Waals surface area contributed by atoms with Crippen LogP contribution in [0.5, 0.6) is 0 Å². The van der Waals surface area contributed by atoms with Gasteiger partial charge in [0.1, 0.15) is 4.75 Å². The van der Waals surface area contributed by atoms with E-state index in [9.17, 15) is 22.8 Å². The van der Waals surface area contributed by atoms with Gasteiger partial charge in [0.2, 0.25) is 0 Å². The van der Waals surface area contributed by atoms with Crippen molar-refractivity contribution in [1.29, 1.82) is 5.26 Å². The second-order valence-electron chi connectivity index (χ2n) is 4.02. The Morgan fingerprint density at radius 2 is 1.71 bits per heavy atom. The minimum absolute atomic E-state index is 0.0882. The van der Waals surface area contributed by atoms with Crippen LogP contribution in [0.1, 0.15) is 26.2 Å². The third kappa shape index (κ3) is 7.93. The Labute approximate surface area is 129 Å². The highest BCUT2D eigenvalue weighted by Crippen LogP contribution is 2.36. The van der Waals surface area contributed by atoms with E-state index in [0.29, 0.717) is 11.8 Å². The molecule has 0 aliphatic carbocycles. The number of rotatable bonds is 8. The van der Waals surface area contributed by atoms with Crippen LogP contribution in [0, 0.1) is 11.3 Å². The van der Waals surface area contributed by atoms with Crippen molar-refractivity contribution in [3.05, 3.63) is 0 Å². The van der Waals surface area contributed by atoms with E-state index in [4.69, 9.17) is 15.5 Å². The lowest BCUT2D eigenvalue weighted by Gasteiger charge is -2.18. The van der Waals surface area contributed by atoms with Gasteiger partial charge in [-0.15, -0.1) is 0 Å². The summed E-state index contributed by atoms with van der Waals surface area (Å²) in [6.45, 7) is 1.23. The molecule has 0 aliphatic rings. The molecule has 21 heavy (non-hydrogen) atoms. The van der Waals surface area contributed by atoms with Crippen LogP contribution < -0.4 is 0 Å². The van der Waals surface area contributed by atoms with Crippen molar-refractivity contribution in [2.45, 2.75) is 30.9 Å². The summed E-state index contributed by atoms with van der Waals surface area (Å²) in [5, 5.41) is 25.9. The smallest absolute Gasteiger partial charge is 0.313 e. The molecule has 0 fully saturated rings. The highest BCUT2D eigenvalue weighted by Gasteiger charge is 2.36. The lowest BCUT2D eigenvalue weighted by atomic mass is 10.1. The summed E-state index contributed by atoms with van der Waals surface area (Å²) in [6.07, 6.45) is -1.02. The number of carboxylic acid groups (broad SMARTS) is 2.